The van der Waals surface area contributed by atoms with Crippen molar-refractivity contribution in [3.8, 4) is 0 Å². The standard InChI is InChI=1S/C10H8N4O/c1-13-9-5-4-8-7(3-2-6-11-8)10(9)14(15)12-13/h2-6H,1H3. The third kappa shape index (κ3) is 0.999. The van der Waals surface area contributed by atoms with Crippen molar-refractivity contribution in [1.82, 2.24) is 14.9 Å². The predicted molar refractivity (Wildman–Crippen MR) is 55.0 cm³/mol. The van der Waals surface area contributed by atoms with E-state index in [0.29, 0.717) is 10.4 Å². The SMILES string of the molecule is Cn1n[n+]([O-])c2c3cccnc3ccc21. The van der Waals surface area contributed by atoms with Gasteiger partial charge in [-0.05, 0) is 24.3 Å². The number of aromatic nitrogens is 4. The van der Waals surface area contributed by atoms with E-state index in [-0.39, 0.29) is 0 Å². The molecule has 5 nitrogen and oxygen atoms in total. The maximum atomic E-state index is 11.6. The number of hydrogen-bond donors (Lipinski definition) is 0. The van der Waals surface area contributed by atoms with Crippen LogP contribution in [0.2, 0.25) is 0 Å². The molecule has 1 aromatic carbocycles. The van der Waals surface area contributed by atoms with Gasteiger partial charge in [-0.25, -0.2) is 0 Å². The summed E-state index contributed by atoms with van der Waals surface area (Å²) in [4.78, 5) is 4.83. The highest BCUT2D eigenvalue weighted by molar-refractivity contribution is 6.00. The van der Waals surface area contributed by atoms with Crippen LogP contribution >= 0.6 is 0 Å². The molecule has 0 unspecified atom stereocenters. The van der Waals surface area contributed by atoms with Crippen LogP contribution in [0.4, 0.5) is 0 Å². The van der Waals surface area contributed by atoms with Crippen molar-refractivity contribution in [3.63, 3.8) is 0 Å². The molecule has 5 heteroatoms. The summed E-state index contributed by atoms with van der Waals surface area (Å²) >= 11 is 0. The first kappa shape index (κ1) is 8.16. The van der Waals surface area contributed by atoms with Crippen LogP contribution in [0, 0.1) is 5.21 Å². The van der Waals surface area contributed by atoms with Gasteiger partial charge in [-0.1, -0.05) is 0 Å². The van der Waals surface area contributed by atoms with Gasteiger partial charge in [0.25, 0.3) is 0 Å². The van der Waals surface area contributed by atoms with Crippen LogP contribution in [0.5, 0.6) is 0 Å². The van der Waals surface area contributed by atoms with E-state index in [1.54, 1.807) is 17.9 Å². The number of fused-ring (bicyclic) bond motifs is 3. The van der Waals surface area contributed by atoms with Gasteiger partial charge in [0.2, 0.25) is 5.52 Å². The van der Waals surface area contributed by atoms with Crippen molar-refractivity contribution < 1.29 is 4.85 Å². The molecule has 0 fully saturated rings. The summed E-state index contributed by atoms with van der Waals surface area (Å²) < 4.78 is 1.56. The van der Waals surface area contributed by atoms with Crippen molar-refractivity contribution in [1.29, 1.82) is 0 Å². The number of aryl methyl sites for hydroxylation is 1. The van der Waals surface area contributed by atoms with Crippen LogP contribution < -0.4 is 4.85 Å². The van der Waals surface area contributed by atoms with Crippen LogP contribution in [0.1, 0.15) is 0 Å². The number of benzene rings is 1. The van der Waals surface area contributed by atoms with E-state index in [1.165, 1.54) is 0 Å². The molecule has 2 aromatic heterocycles. The first-order valence-electron chi connectivity index (χ1n) is 4.57. The molecular formula is C10H8N4O. The second-order valence-electron chi connectivity index (χ2n) is 3.39. The summed E-state index contributed by atoms with van der Waals surface area (Å²) in [7, 11) is 1.75. The minimum absolute atomic E-state index is 0.572. The Labute approximate surface area is 85.1 Å². The zero-order valence-electron chi connectivity index (χ0n) is 8.08. The zero-order valence-corrected chi connectivity index (χ0v) is 8.08. The lowest BCUT2D eigenvalue weighted by Crippen LogP contribution is -2.29. The van der Waals surface area contributed by atoms with E-state index in [1.807, 2.05) is 24.3 Å². The summed E-state index contributed by atoms with van der Waals surface area (Å²) in [5.74, 6) is 0. The third-order valence-electron chi connectivity index (χ3n) is 2.49. The predicted octanol–water partition coefficient (Wildman–Crippen LogP) is 0.755. The van der Waals surface area contributed by atoms with Gasteiger partial charge >= 0.3 is 0 Å². The molecule has 0 aliphatic heterocycles. The van der Waals surface area contributed by atoms with Gasteiger partial charge in [-0.15, -0.1) is 9.53 Å². The van der Waals surface area contributed by atoms with E-state index in [4.69, 9.17) is 0 Å². The van der Waals surface area contributed by atoms with Crippen LogP contribution in [-0.2, 0) is 7.05 Å². The average Bonchev–Trinajstić information content (AvgIpc) is 2.55. The molecule has 0 amide bonds. The Morgan fingerprint density at radius 1 is 1.33 bits per heavy atom. The van der Waals surface area contributed by atoms with Gasteiger partial charge in [0, 0.05) is 6.20 Å². The Hall–Kier alpha value is -2.17. The molecule has 0 radical (unpaired) electrons. The monoisotopic (exact) mass is 200 g/mol. The second kappa shape index (κ2) is 2.66. The molecule has 0 atom stereocenters. The summed E-state index contributed by atoms with van der Waals surface area (Å²) in [6.45, 7) is 0. The van der Waals surface area contributed by atoms with Crippen LogP contribution in [-0.4, -0.2) is 14.9 Å². The molecule has 3 aromatic rings. The Kier molecular flexibility index (Phi) is 1.45. The van der Waals surface area contributed by atoms with Gasteiger partial charge in [-0.2, -0.15) is 0 Å². The third-order valence-corrected chi connectivity index (χ3v) is 2.49. The molecule has 3 rings (SSSR count). The Morgan fingerprint density at radius 3 is 3.07 bits per heavy atom. The van der Waals surface area contributed by atoms with Crippen molar-refractivity contribution in [2.24, 2.45) is 7.05 Å². The lowest BCUT2D eigenvalue weighted by molar-refractivity contribution is -0.645. The van der Waals surface area contributed by atoms with Crippen molar-refractivity contribution in [2.75, 3.05) is 0 Å². The van der Waals surface area contributed by atoms with E-state index in [2.05, 4.69) is 10.2 Å². The van der Waals surface area contributed by atoms with Crippen LogP contribution in [0.15, 0.2) is 30.5 Å². The van der Waals surface area contributed by atoms with E-state index < -0.39 is 0 Å². The fourth-order valence-corrected chi connectivity index (χ4v) is 1.80. The summed E-state index contributed by atoms with van der Waals surface area (Å²) in [6, 6.07) is 7.43. The highest BCUT2D eigenvalue weighted by atomic mass is 16.5. The maximum absolute atomic E-state index is 11.6. The lowest BCUT2D eigenvalue weighted by atomic mass is 10.2. The van der Waals surface area contributed by atoms with Gasteiger partial charge in [0.1, 0.15) is 7.05 Å². The topological polar surface area (TPSA) is 57.6 Å². The second-order valence-corrected chi connectivity index (χ2v) is 3.39. The number of pyridine rings is 1. The molecule has 0 saturated heterocycles. The van der Waals surface area contributed by atoms with Crippen LogP contribution in [0.25, 0.3) is 21.9 Å². The summed E-state index contributed by atoms with van der Waals surface area (Å²) in [6.07, 6.45) is 1.71. The van der Waals surface area contributed by atoms with E-state index >= 15 is 0 Å². The highest BCUT2D eigenvalue weighted by Crippen LogP contribution is 2.19. The van der Waals surface area contributed by atoms with Gasteiger partial charge in [0.15, 0.2) is 5.52 Å². The average molecular weight is 200 g/mol. The van der Waals surface area contributed by atoms with Gasteiger partial charge in [-0.3, -0.25) is 4.98 Å². The van der Waals surface area contributed by atoms with Gasteiger partial charge in [0.05, 0.1) is 16.1 Å². The van der Waals surface area contributed by atoms with Gasteiger partial charge < -0.3 is 5.21 Å². The van der Waals surface area contributed by atoms with Crippen LogP contribution in [0.3, 0.4) is 0 Å². The summed E-state index contributed by atoms with van der Waals surface area (Å²) in [5, 5.41) is 16.2. The quantitative estimate of drug-likeness (QED) is 0.397. The molecule has 0 bridgehead atoms. The largest absolute Gasteiger partial charge is 0.691 e. The maximum Gasteiger partial charge on any atom is 0.211 e. The minimum atomic E-state index is 0.572. The normalized spacial score (nSPS) is 11.3. The molecule has 0 saturated carbocycles. The lowest BCUT2D eigenvalue weighted by Gasteiger charge is -1.97. The Morgan fingerprint density at radius 2 is 2.20 bits per heavy atom. The molecule has 0 aliphatic rings. The minimum Gasteiger partial charge on any atom is -0.691 e. The first-order chi connectivity index (χ1) is 7.27. The molecule has 15 heavy (non-hydrogen) atoms. The Bertz CT molecular complexity index is 659. The molecule has 0 N–H and O–H groups in total. The number of hydrogen-bond acceptors (Lipinski definition) is 3. The summed E-state index contributed by atoms with van der Waals surface area (Å²) in [5.41, 5.74) is 2.19. The molecular weight excluding hydrogens is 192 g/mol. The fourth-order valence-electron chi connectivity index (χ4n) is 1.80. The van der Waals surface area contributed by atoms with Crippen molar-refractivity contribution >= 4 is 21.9 Å². The number of nitrogens with zero attached hydrogens (tertiary/aromatic N) is 4. The van der Waals surface area contributed by atoms with Crippen molar-refractivity contribution in [3.05, 3.63) is 35.7 Å². The first-order valence-corrected chi connectivity index (χ1v) is 4.57. The Balaban J connectivity index is 2.64. The van der Waals surface area contributed by atoms with E-state index in [0.717, 1.165) is 16.4 Å². The fraction of sp³-hybridized carbons (Fsp3) is 0.100. The molecule has 0 spiro atoms. The highest BCUT2D eigenvalue weighted by Gasteiger charge is 2.14. The zero-order chi connectivity index (χ0) is 10.4. The molecule has 74 valence electrons. The number of rotatable bonds is 0. The smallest absolute Gasteiger partial charge is 0.211 e. The van der Waals surface area contributed by atoms with Crippen molar-refractivity contribution in [2.45, 2.75) is 0 Å². The molecule has 2 heterocycles. The molecule has 0 aliphatic carbocycles. The van der Waals surface area contributed by atoms with E-state index in [9.17, 15) is 5.21 Å².